The van der Waals surface area contributed by atoms with E-state index in [0.717, 1.165) is 31.6 Å². The number of nitrogens with one attached hydrogen (secondary N) is 2. The fourth-order valence-electron chi connectivity index (χ4n) is 2.97. The molecule has 1 aliphatic heterocycles. The van der Waals surface area contributed by atoms with Crippen LogP contribution in [0.2, 0.25) is 0 Å². The fourth-order valence-corrected chi connectivity index (χ4v) is 2.97. The van der Waals surface area contributed by atoms with E-state index in [2.05, 4.69) is 20.6 Å². The van der Waals surface area contributed by atoms with Crippen molar-refractivity contribution in [2.75, 3.05) is 33.4 Å². The number of aromatic nitrogens is 2. The highest BCUT2D eigenvalue weighted by atomic mass is 16.5. The van der Waals surface area contributed by atoms with Gasteiger partial charge >= 0.3 is 0 Å². The maximum Gasteiger partial charge on any atom is 0.254 e. The van der Waals surface area contributed by atoms with Gasteiger partial charge in [-0.25, -0.2) is 9.97 Å². The number of piperidine rings is 1. The minimum Gasteiger partial charge on any atom is -0.384 e. The van der Waals surface area contributed by atoms with Gasteiger partial charge in [0.25, 0.3) is 5.91 Å². The van der Waals surface area contributed by atoms with Gasteiger partial charge in [0.1, 0.15) is 6.33 Å². The van der Waals surface area contributed by atoms with Crippen LogP contribution in [0.1, 0.15) is 48.7 Å². The summed E-state index contributed by atoms with van der Waals surface area (Å²) in [5, 5.41) is 6.42. The largest absolute Gasteiger partial charge is 0.384 e. The van der Waals surface area contributed by atoms with Crippen LogP contribution in [-0.2, 0) is 4.74 Å². The lowest BCUT2D eigenvalue weighted by Crippen LogP contribution is -2.47. The average Bonchev–Trinajstić information content (AvgIpc) is 2.54. The van der Waals surface area contributed by atoms with Gasteiger partial charge in [0.15, 0.2) is 0 Å². The molecule has 0 radical (unpaired) electrons. The standard InChI is InChI=1S/C16H26N4O2/c1-12(2)14-13(8-18-11-20-14)15(21)19-9-16(10-22-3)4-6-17-7-5-16/h8,11-12,17H,4-7,9-10H2,1-3H3,(H,19,21). The van der Waals surface area contributed by atoms with Crippen LogP contribution in [0.25, 0.3) is 0 Å². The van der Waals surface area contributed by atoms with Gasteiger partial charge in [-0.15, -0.1) is 0 Å². The number of methoxy groups -OCH3 is 1. The highest BCUT2D eigenvalue weighted by Gasteiger charge is 2.32. The van der Waals surface area contributed by atoms with Gasteiger partial charge in [0.05, 0.1) is 17.9 Å². The van der Waals surface area contributed by atoms with Crippen molar-refractivity contribution in [3.8, 4) is 0 Å². The molecule has 0 bridgehead atoms. The van der Waals surface area contributed by atoms with Crippen molar-refractivity contribution in [3.05, 3.63) is 23.8 Å². The van der Waals surface area contributed by atoms with E-state index in [4.69, 9.17) is 4.74 Å². The summed E-state index contributed by atoms with van der Waals surface area (Å²) in [5.74, 6) is 0.0916. The van der Waals surface area contributed by atoms with Crippen molar-refractivity contribution < 1.29 is 9.53 Å². The summed E-state index contributed by atoms with van der Waals surface area (Å²) in [4.78, 5) is 20.7. The molecule has 22 heavy (non-hydrogen) atoms. The van der Waals surface area contributed by atoms with E-state index >= 15 is 0 Å². The summed E-state index contributed by atoms with van der Waals surface area (Å²) in [7, 11) is 1.72. The number of hydrogen-bond acceptors (Lipinski definition) is 5. The Morgan fingerprint density at radius 1 is 1.45 bits per heavy atom. The van der Waals surface area contributed by atoms with Crippen molar-refractivity contribution in [2.24, 2.45) is 5.41 Å². The molecule has 0 unspecified atom stereocenters. The highest BCUT2D eigenvalue weighted by Crippen LogP contribution is 2.28. The lowest BCUT2D eigenvalue weighted by Gasteiger charge is -2.37. The molecule has 6 nitrogen and oxygen atoms in total. The van der Waals surface area contributed by atoms with Crippen LogP contribution in [0, 0.1) is 5.41 Å². The molecule has 0 saturated carbocycles. The Bertz CT molecular complexity index is 493. The van der Waals surface area contributed by atoms with E-state index in [1.165, 1.54) is 6.33 Å². The number of amides is 1. The third-order valence-electron chi connectivity index (χ3n) is 4.27. The maximum absolute atomic E-state index is 12.5. The predicted molar refractivity (Wildman–Crippen MR) is 84.9 cm³/mol. The Balaban J connectivity index is 2.05. The zero-order valence-electron chi connectivity index (χ0n) is 13.7. The molecule has 1 aliphatic rings. The van der Waals surface area contributed by atoms with E-state index in [9.17, 15) is 4.79 Å². The molecule has 0 spiro atoms. The Morgan fingerprint density at radius 2 is 2.18 bits per heavy atom. The molecule has 2 rings (SSSR count). The molecule has 1 aromatic heterocycles. The highest BCUT2D eigenvalue weighted by molar-refractivity contribution is 5.95. The van der Waals surface area contributed by atoms with Gasteiger partial charge < -0.3 is 15.4 Å². The Morgan fingerprint density at radius 3 is 2.82 bits per heavy atom. The zero-order chi connectivity index (χ0) is 16.0. The molecular weight excluding hydrogens is 280 g/mol. The van der Waals surface area contributed by atoms with Crippen LogP contribution < -0.4 is 10.6 Å². The van der Waals surface area contributed by atoms with Crippen LogP contribution in [0.5, 0.6) is 0 Å². The summed E-state index contributed by atoms with van der Waals surface area (Å²) in [5.41, 5.74) is 1.38. The Labute approximate surface area is 132 Å². The van der Waals surface area contributed by atoms with Crippen LogP contribution in [0.4, 0.5) is 0 Å². The molecule has 0 aliphatic carbocycles. The summed E-state index contributed by atoms with van der Waals surface area (Å²) in [6.45, 7) is 7.26. The van der Waals surface area contributed by atoms with E-state index in [1.807, 2.05) is 13.8 Å². The van der Waals surface area contributed by atoms with Crippen molar-refractivity contribution in [1.29, 1.82) is 0 Å². The first-order chi connectivity index (χ1) is 10.6. The maximum atomic E-state index is 12.5. The molecule has 0 atom stereocenters. The zero-order valence-corrected chi connectivity index (χ0v) is 13.7. The number of hydrogen-bond donors (Lipinski definition) is 2. The van der Waals surface area contributed by atoms with E-state index < -0.39 is 0 Å². The first-order valence-corrected chi connectivity index (χ1v) is 7.86. The first kappa shape index (κ1) is 16.8. The molecule has 2 N–H and O–H groups in total. The minimum atomic E-state index is -0.0988. The van der Waals surface area contributed by atoms with Crippen LogP contribution in [-0.4, -0.2) is 49.2 Å². The first-order valence-electron chi connectivity index (χ1n) is 7.86. The van der Waals surface area contributed by atoms with Gasteiger partial charge in [0, 0.05) is 25.3 Å². The van der Waals surface area contributed by atoms with E-state index in [0.29, 0.717) is 18.7 Å². The van der Waals surface area contributed by atoms with Gasteiger partial charge in [-0.05, 0) is 31.8 Å². The topological polar surface area (TPSA) is 76.1 Å². The summed E-state index contributed by atoms with van der Waals surface area (Å²) in [6.07, 6.45) is 5.10. The molecular formula is C16H26N4O2. The monoisotopic (exact) mass is 306 g/mol. The molecule has 6 heteroatoms. The van der Waals surface area contributed by atoms with Crippen molar-refractivity contribution in [1.82, 2.24) is 20.6 Å². The predicted octanol–water partition coefficient (Wildman–Crippen LogP) is 1.35. The van der Waals surface area contributed by atoms with Gasteiger partial charge in [-0.2, -0.15) is 0 Å². The fraction of sp³-hybridized carbons (Fsp3) is 0.688. The van der Waals surface area contributed by atoms with E-state index in [1.54, 1.807) is 13.3 Å². The Kier molecular flexibility index (Phi) is 5.85. The number of nitrogens with zero attached hydrogens (tertiary/aromatic N) is 2. The molecule has 1 aromatic rings. The lowest BCUT2D eigenvalue weighted by atomic mass is 9.79. The summed E-state index contributed by atoms with van der Waals surface area (Å²) < 4.78 is 5.38. The number of carbonyl (C=O) groups is 1. The second-order valence-electron chi connectivity index (χ2n) is 6.34. The van der Waals surface area contributed by atoms with Gasteiger partial charge in [0.2, 0.25) is 0 Å². The minimum absolute atomic E-state index is 0.0172. The molecule has 122 valence electrons. The molecule has 0 aromatic carbocycles. The molecule has 2 heterocycles. The second kappa shape index (κ2) is 7.65. The van der Waals surface area contributed by atoms with E-state index in [-0.39, 0.29) is 17.2 Å². The summed E-state index contributed by atoms with van der Waals surface area (Å²) in [6, 6.07) is 0. The number of carbonyl (C=O) groups excluding carboxylic acids is 1. The van der Waals surface area contributed by atoms with Crippen LogP contribution in [0.3, 0.4) is 0 Å². The van der Waals surface area contributed by atoms with Gasteiger partial charge in [-0.1, -0.05) is 13.8 Å². The van der Waals surface area contributed by atoms with Gasteiger partial charge in [-0.3, -0.25) is 4.79 Å². The molecule has 1 saturated heterocycles. The molecule has 1 fully saturated rings. The van der Waals surface area contributed by atoms with Crippen molar-refractivity contribution in [2.45, 2.75) is 32.6 Å². The second-order valence-corrected chi connectivity index (χ2v) is 6.34. The van der Waals surface area contributed by atoms with Crippen molar-refractivity contribution in [3.63, 3.8) is 0 Å². The third kappa shape index (κ3) is 4.01. The van der Waals surface area contributed by atoms with Crippen LogP contribution in [0.15, 0.2) is 12.5 Å². The smallest absolute Gasteiger partial charge is 0.254 e. The Hall–Kier alpha value is -1.53. The molecule has 1 amide bonds. The third-order valence-corrected chi connectivity index (χ3v) is 4.27. The summed E-state index contributed by atoms with van der Waals surface area (Å²) >= 11 is 0. The number of rotatable bonds is 6. The quantitative estimate of drug-likeness (QED) is 0.829. The van der Waals surface area contributed by atoms with Crippen molar-refractivity contribution >= 4 is 5.91 Å². The lowest BCUT2D eigenvalue weighted by molar-refractivity contribution is 0.0511. The average molecular weight is 306 g/mol. The van der Waals surface area contributed by atoms with Crippen LogP contribution >= 0.6 is 0 Å². The number of ether oxygens (including phenoxy) is 1. The SMILES string of the molecule is COCC1(CNC(=O)c2cncnc2C(C)C)CCNCC1. The normalized spacial score (nSPS) is 17.5.